The summed E-state index contributed by atoms with van der Waals surface area (Å²) in [5, 5.41) is 4.67. The van der Waals surface area contributed by atoms with E-state index in [0.29, 0.717) is 16.6 Å². The van der Waals surface area contributed by atoms with Gasteiger partial charge in [-0.25, -0.2) is 0 Å². The third kappa shape index (κ3) is 5.19. The van der Waals surface area contributed by atoms with Gasteiger partial charge in [-0.2, -0.15) is 13.2 Å². The van der Waals surface area contributed by atoms with Crippen LogP contribution in [-0.2, 0) is 12.7 Å². The Balaban J connectivity index is 0.00000243. The molecule has 2 nitrogen and oxygen atoms in total. The Morgan fingerprint density at radius 1 is 1.08 bits per heavy atom. The molecule has 1 heterocycles. The fraction of sp³-hybridized carbons (Fsp3) is 0.333. The largest absolute Gasteiger partial charge is 0.416 e. The van der Waals surface area contributed by atoms with Crippen molar-refractivity contribution < 1.29 is 13.2 Å². The van der Waals surface area contributed by atoms with Crippen molar-refractivity contribution in [2.45, 2.75) is 25.2 Å². The molecule has 0 aromatic heterocycles. The van der Waals surface area contributed by atoms with Crippen LogP contribution in [0.25, 0.3) is 0 Å². The molecule has 1 aliphatic rings. The van der Waals surface area contributed by atoms with Gasteiger partial charge >= 0.3 is 6.18 Å². The van der Waals surface area contributed by atoms with Crippen molar-refractivity contribution in [2.24, 2.45) is 0 Å². The van der Waals surface area contributed by atoms with Crippen molar-refractivity contribution in [2.75, 3.05) is 18.0 Å². The molecule has 0 bridgehead atoms. The van der Waals surface area contributed by atoms with Crippen LogP contribution in [0.5, 0.6) is 0 Å². The maximum absolute atomic E-state index is 12.6. The van der Waals surface area contributed by atoms with E-state index in [1.807, 2.05) is 6.07 Å². The summed E-state index contributed by atoms with van der Waals surface area (Å²) in [4.78, 5) is 2.08. The van der Waals surface area contributed by atoms with Crippen molar-refractivity contribution in [3.8, 4) is 0 Å². The number of hydrogen-bond acceptors (Lipinski definition) is 2. The molecule has 0 amide bonds. The van der Waals surface area contributed by atoms with Crippen molar-refractivity contribution in [1.29, 1.82) is 0 Å². The van der Waals surface area contributed by atoms with Gasteiger partial charge in [-0.05, 0) is 48.4 Å². The summed E-state index contributed by atoms with van der Waals surface area (Å²) in [5.74, 6) is 0. The van der Waals surface area contributed by atoms with Gasteiger partial charge in [0.25, 0.3) is 0 Å². The summed E-state index contributed by atoms with van der Waals surface area (Å²) in [7, 11) is 0. The number of halogens is 6. The zero-order chi connectivity index (χ0) is 18.0. The summed E-state index contributed by atoms with van der Waals surface area (Å²) in [6.45, 7) is 2.18. The maximum atomic E-state index is 12.6. The lowest BCUT2D eigenvalue weighted by Crippen LogP contribution is -2.32. The number of anilines is 1. The van der Waals surface area contributed by atoms with E-state index < -0.39 is 11.7 Å². The van der Waals surface area contributed by atoms with Crippen LogP contribution in [0.4, 0.5) is 18.9 Å². The predicted molar refractivity (Wildman–Crippen MR) is 103 cm³/mol. The molecule has 1 saturated heterocycles. The van der Waals surface area contributed by atoms with Crippen LogP contribution >= 0.6 is 35.6 Å². The van der Waals surface area contributed by atoms with E-state index in [4.69, 9.17) is 23.2 Å². The van der Waals surface area contributed by atoms with Gasteiger partial charge in [-0.15, -0.1) is 12.4 Å². The second kappa shape index (κ2) is 8.70. The fourth-order valence-electron chi connectivity index (χ4n) is 2.94. The zero-order valence-electron chi connectivity index (χ0n) is 13.7. The average molecular weight is 426 g/mol. The van der Waals surface area contributed by atoms with E-state index in [-0.39, 0.29) is 18.4 Å². The van der Waals surface area contributed by atoms with Gasteiger partial charge in [0.15, 0.2) is 0 Å². The second-order valence-electron chi connectivity index (χ2n) is 6.09. The van der Waals surface area contributed by atoms with Crippen molar-refractivity contribution >= 4 is 41.3 Å². The minimum absolute atomic E-state index is 0. The smallest absolute Gasteiger partial charge is 0.370 e. The van der Waals surface area contributed by atoms with Crippen LogP contribution in [0, 0.1) is 0 Å². The highest BCUT2D eigenvalue weighted by molar-refractivity contribution is 6.35. The van der Waals surface area contributed by atoms with Gasteiger partial charge in [-0.3, -0.25) is 0 Å². The fourth-order valence-corrected chi connectivity index (χ4v) is 3.42. The van der Waals surface area contributed by atoms with Gasteiger partial charge in [0.1, 0.15) is 0 Å². The molecule has 0 radical (unpaired) electrons. The Labute approximate surface area is 166 Å². The molecule has 142 valence electrons. The highest BCUT2D eigenvalue weighted by Crippen LogP contribution is 2.31. The van der Waals surface area contributed by atoms with Gasteiger partial charge in [0, 0.05) is 41.4 Å². The van der Waals surface area contributed by atoms with Crippen molar-refractivity contribution in [1.82, 2.24) is 5.32 Å². The van der Waals surface area contributed by atoms with E-state index in [1.54, 1.807) is 12.1 Å². The molecule has 2 aromatic rings. The maximum Gasteiger partial charge on any atom is 0.416 e. The molecule has 1 atom stereocenters. The number of nitrogens with zero attached hydrogens (tertiary/aromatic N) is 1. The predicted octanol–water partition coefficient (Wildman–Crippen LogP) is 5.80. The Bertz CT molecular complexity index is 735. The van der Waals surface area contributed by atoms with E-state index in [9.17, 15) is 13.2 Å². The summed E-state index contributed by atoms with van der Waals surface area (Å²) < 4.78 is 37.9. The first-order chi connectivity index (χ1) is 11.8. The lowest BCUT2D eigenvalue weighted by Gasteiger charge is -2.20. The van der Waals surface area contributed by atoms with E-state index >= 15 is 0 Å². The molecule has 1 aliphatic heterocycles. The molecule has 0 spiro atoms. The Hall–Kier alpha value is -1.14. The van der Waals surface area contributed by atoms with Crippen LogP contribution in [0.2, 0.25) is 10.0 Å². The first kappa shape index (κ1) is 21.2. The normalized spacial score (nSPS) is 17.3. The molecule has 1 N–H and O–H groups in total. The molecule has 2 aromatic carbocycles. The zero-order valence-corrected chi connectivity index (χ0v) is 16.0. The molecule has 0 unspecified atom stereocenters. The van der Waals surface area contributed by atoms with Crippen LogP contribution in [0.3, 0.4) is 0 Å². The number of rotatable bonds is 4. The van der Waals surface area contributed by atoms with Crippen molar-refractivity contribution in [3.63, 3.8) is 0 Å². The average Bonchev–Trinajstić information content (AvgIpc) is 3.02. The van der Waals surface area contributed by atoms with Gasteiger partial charge in [-0.1, -0.05) is 29.3 Å². The Kier molecular flexibility index (Phi) is 7.08. The minimum Gasteiger partial charge on any atom is -0.370 e. The number of nitrogens with one attached hydrogen (secondary N) is 1. The molecule has 8 heteroatoms. The van der Waals surface area contributed by atoms with E-state index in [0.717, 1.165) is 42.9 Å². The standard InChI is InChI=1S/C18H17Cl2F3N2.ClH/c19-14-4-1-12(17(20)9-14)10-24-15-7-8-25(11-15)16-5-2-13(3-6-16)18(21,22)23;/h1-6,9,15,24H,7-8,10-11H2;1H/t15-;/m0./s1. The molecule has 1 fully saturated rings. The molecule has 26 heavy (non-hydrogen) atoms. The third-order valence-corrected chi connectivity index (χ3v) is 4.93. The summed E-state index contributed by atoms with van der Waals surface area (Å²) in [5.41, 5.74) is 1.16. The summed E-state index contributed by atoms with van der Waals surface area (Å²) >= 11 is 12.1. The monoisotopic (exact) mass is 424 g/mol. The van der Waals surface area contributed by atoms with Gasteiger partial charge < -0.3 is 10.2 Å². The van der Waals surface area contributed by atoms with Gasteiger partial charge in [0.05, 0.1) is 5.56 Å². The van der Waals surface area contributed by atoms with Crippen LogP contribution < -0.4 is 10.2 Å². The lowest BCUT2D eigenvalue weighted by molar-refractivity contribution is -0.137. The quantitative estimate of drug-likeness (QED) is 0.666. The molecular formula is C18H18Cl3F3N2. The highest BCUT2D eigenvalue weighted by atomic mass is 35.5. The molecular weight excluding hydrogens is 408 g/mol. The number of alkyl halides is 3. The molecule has 3 rings (SSSR count). The summed E-state index contributed by atoms with van der Waals surface area (Å²) in [6, 6.07) is 11.0. The van der Waals surface area contributed by atoms with Crippen LogP contribution in [0.15, 0.2) is 42.5 Å². The molecule has 0 aliphatic carbocycles. The first-order valence-electron chi connectivity index (χ1n) is 7.92. The number of hydrogen-bond donors (Lipinski definition) is 1. The van der Waals surface area contributed by atoms with E-state index in [1.165, 1.54) is 12.1 Å². The summed E-state index contributed by atoms with van der Waals surface area (Å²) in [6.07, 6.45) is -3.38. The Morgan fingerprint density at radius 2 is 1.77 bits per heavy atom. The Morgan fingerprint density at radius 3 is 2.38 bits per heavy atom. The van der Waals surface area contributed by atoms with Crippen LogP contribution in [-0.4, -0.2) is 19.1 Å². The number of benzene rings is 2. The first-order valence-corrected chi connectivity index (χ1v) is 8.68. The van der Waals surface area contributed by atoms with Crippen LogP contribution in [0.1, 0.15) is 17.5 Å². The molecule has 0 saturated carbocycles. The third-order valence-electron chi connectivity index (χ3n) is 4.34. The SMILES string of the molecule is Cl.FC(F)(F)c1ccc(N2CC[C@H](NCc3ccc(Cl)cc3Cl)C2)cc1. The van der Waals surface area contributed by atoms with Gasteiger partial charge in [0.2, 0.25) is 0 Å². The van der Waals surface area contributed by atoms with E-state index in [2.05, 4.69) is 10.2 Å². The second-order valence-corrected chi connectivity index (χ2v) is 6.94. The van der Waals surface area contributed by atoms with Crippen molar-refractivity contribution in [3.05, 3.63) is 63.6 Å². The highest BCUT2D eigenvalue weighted by Gasteiger charge is 2.30. The lowest BCUT2D eigenvalue weighted by atomic mass is 10.2. The minimum atomic E-state index is -4.30. The topological polar surface area (TPSA) is 15.3 Å².